The molecule has 0 bridgehead atoms. The second-order valence-electron chi connectivity index (χ2n) is 4.61. The molecule has 0 atom stereocenters. The minimum atomic E-state index is -0.0786. The van der Waals surface area contributed by atoms with Crippen LogP contribution in [-0.2, 0) is 6.42 Å². The summed E-state index contributed by atoms with van der Waals surface area (Å²) in [5, 5.41) is 2.66. The molecule has 1 aliphatic rings. The summed E-state index contributed by atoms with van der Waals surface area (Å²) in [6, 6.07) is 9.76. The summed E-state index contributed by atoms with van der Waals surface area (Å²) in [4.78, 5) is 16.0. The molecule has 4 nitrogen and oxygen atoms in total. The molecule has 0 saturated carbocycles. The molecule has 0 spiro atoms. The fourth-order valence-corrected chi connectivity index (χ4v) is 2.10. The summed E-state index contributed by atoms with van der Waals surface area (Å²) in [6.45, 7) is 2.21. The number of nitrogens with zero attached hydrogens (tertiary/aromatic N) is 1. The highest BCUT2D eigenvalue weighted by molar-refractivity contribution is 5.97. The second kappa shape index (κ2) is 4.72. The lowest BCUT2D eigenvalue weighted by atomic mass is 10.0. The summed E-state index contributed by atoms with van der Waals surface area (Å²) in [6.07, 6.45) is 2.62. The number of carbonyl (C=O) groups is 1. The lowest BCUT2D eigenvalue weighted by Crippen LogP contribution is -2.32. The highest BCUT2D eigenvalue weighted by atomic mass is 16.5. The number of hydrogen-bond acceptors (Lipinski definition) is 3. The van der Waals surface area contributed by atoms with Crippen molar-refractivity contribution >= 4 is 5.91 Å². The van der Waals surface area contributed by atoms with Crippen molar-refractivity contribution in [3.8, 4) is 5.75 Å². The lowest BCUT2D eigenvalue weighted by Gasteiger charge is -2.18. The highest BCUT2D eigenvalue weighted by Crippen LogP contribution is 2.23. The molecule has 0 radical (unpaired) electrons. The molecule has 2 aromatic rings. The number of nitrogens with one attached hydrogen (secondary N) is 1. The van der Waals surface area contributed by atoms with E-state index in [1.807, 2.05) is 37.4 Å². The summed E-state index contributed by atoms with van der Waals surface area (Å²) < 4.78 is 5.37. The molecule has 96 valence electrons. The van der Waals surface area contributed by atoms with Gasteiger partial charge >= 0.3 is 0 Å². The van der Waals surface area contributed by atoms with Crippen molar-refractivity contribution in [2.75, 3.05) is 6.73 Å². The van der Waals surface area contributed by atoms with Crippen molar-refractivity contribution in [3.63, 3.8) is 0 Å². The van der Waals surface area contributed by atoms with Crippen molar-refractivity contribution in [1.82, 2.24) is 10.3 Å². The van der Waals surface area contributed by atoms with Gasteiger partial charge in [-0.2, -0.15) is 0 Å². The first-order chi connectivity index (χ1) is 9.22. The number of aromatic nitrogens is 1. The quantitative estimate of drug-likeness (QED) is 0.892. The van der Waals surface area contributed by atoms with Crippen LogP contribution >= 0.6 is 0 Å². The van der Waals surface area contributed by atoms with Crippen molar-refractivity contribution < 1.29 is 9.53 Å². The molecule has 19 heavy (non-hydrogen) atoms. The summed E-state index contributed by atoms with van der Waals surface area (Å²) in [7, 11) is 0. The third kappa shape index (κ3) is 2.42. The third-order valence-corrected chi connectivity index (χ3v) is 3.13. The van der Waals surface area contributed by atoms with Crippen LogP contribution in [-0.4, -0.2) is 17.6 Å². The molecule has 1 aliphatic heterocycles. The lowest BCUT2D eigenvalue weighted by molar-refractivity contribution is 0.0883. The van der Waals surface area contributed by atoms with E-state index in [9.17, 15) is 4.79 Å². The van der Waals surface area contributed by atoms with Crippen LogP contribution < -0.4 is 10.1 Å². The van der Waals surface area contributed by atoms with Gasteiger partial charge in [-0.25, -0.2) is 0 Å². The van der Waals surface area contributed by atoms with Gasteiger partial charge in [-0.15, -0.1) is 0 Å². The molecular formula is C15H14N2O2. The summed E-state index contributed by atoms with van der Waals surface area (Å²) in [5.74, 6) is 0.569. The Morgan fingerprint density at radius 2 is 2.11 bits per heavy atom. The van der Waals surface area contributed by atoms with Crippen LogP contribution in [0, 0.1) is 6.92 Å². The van der Waals surface area contributed by atoms with Crippen LogP contribution in [0.5, 0.6) is 5.75 Å². The minimum absolute atomic E-state index is 0.0786. The Bertz CT molecular complexity index is 621. The van der Waals surface area contributed by atoms with Crippen LogP contribution in [0.3, 0.4) is 0 Å². The highest BCUT2D eigenvalue weighted by Gasteiger charge is 2.17. The van der Waals surface area contributed by atoms with Crippen LogP contribution in [0.2, 0.25) is 0 Å². The fourth-order valence-electron chi connectivity index (χ4n) is 2.10. The second-order valence-corrected chi connectivity index (χ2v) is 4.61. The predicted octanol–water partition coefficient (Wildman–Crippen LogP) is 2.06. The zero-order chi connectivity index (χ0) is 13.2. The number of carbonyl (C=O) groups excluding carboxylic acids is 1. The Morgan fingerprint density at radius 3 is 2.89 bits per heavy atom. The van der Waals surface area contributed by atoms with Gasteiger partial charge in [0.2, 0.25) is 0 Å². The van der Waals surface area contributed by atoms with Gasteiger partial charge in [0.25, 0.3) is 5.91 Å². The van der Waals surface area contributed by atoms with Gasteiger partial charge in [0.1, 0.15) is 5.75 Å². The van der Waals surface area contributed by atoms with Gasteiger partial charge in [0.05, 0.1) is 5.56 Å². The third-order valence-electron chi connectivity index (χ3n) is 3.13. The normalized spacial score (nSPS) is 13.4. The van der Waals surface area contributed by atoms with Gasteiger partial charge in [-0.1, -0.05) is 12.1 Å². The van der Waals surface area contributed by atoms with Crippen molar-refractivity contribution in [3.05, 3.63) is 58.9 Å². The topological polar surface area (TPSA) is 51.2 Å². The van der Waals surface area contributed by atoms with Gasteiger partial charge in [-0.05, 0) is 42.7 Å². The van der Waals surface area contributed by atoms with E-state index in [0.717, 1.165) is 23.2 Å². The summed E-state index contributed by atoms with van der Waals surface area (Å²) >= 11 is 0. The first-order valence-corrected chi connectivity index (χ1v) is 6.18. The molecule has 0 aliphatic carbocycles. The zero-order valence-corrected chi connectivity index (χ0v) is 10.6. The monoisotopic (exact) mass is 254 g/mol. The first kappa shape index (κ1) is 11.7. The smallest absolute Gasteiger partial charge is 0.257 e. The Hall–Kier alpha value is -2.36. The number of rotatable bonds is 2. The minimum Gasteiger partial charge on any atom is -0.472 e. The van der Waals surface area contributed by atoms with Crippen molar-refractivity contribution in [1.29, 1.82) is 0 Å². The molecule has 0 unspecified atom stereocenters. The Labute approximate surface area is 111 Å². The molecule has 0 saturated heterocycles. The van der Waals surface area contributed by atoms with Gasteiger partial charge < -0.3 is 10.1 Å². The molecule has 4 heteroatoms. The largest absolute Gasteiger partial charge is 0.472 e. The Kier molecular flexibility index (Phi) is 2.91. The standard InChI is InChI=1S/C15H14N2O2/c1-10-2-3-12(8-16-10)6-11-4-5-14-13(7-11)15(18)17-9-19-14/h2-5,7-8H,6,9H2,1H3,(H,17,18). The summed E-state index contributed by atoms with van der Waals surface area (Å²) in [5.41, 5.74) is 3.80. The Balaban J connectivity index is 1.88. The van der Waals surface area contributed by atoms with E-state index in [1.165, 1.54) is 0 Å². The van der Waals surface area contributed by atoms with Crippen LogP contribution in [0.15, 0.2) is 36.5 Å². The number of hydrogen-bond donors (Lipinski definition) is 1. The molecule has 0 fully saturated rings. The SMILES string of the molecule is Cc1ccc(Cc2ccc3c(c2)C(=O)NCO3)cn1. The number of amides is 1. The molecule has 2 heterocycles. The van der Waals surface area contributed by atoms with Crippen LogP contribution in [0.4, 0.5) is 0 Å². The van der Waals surface area contributed by atoms with E-state index in [0.29, 0.717) is 11.3 Å². The maximum absolute atomic E-state index is 11.7. The molecule has 3 rings (SSSR count). The number of benzene rings is 1. The van der Waals surface area contributed by atoms with E-state index < -0.39 is 0 Å². The Morgan fingerprint density at radius 1 is 1.26 bits per heavy atom. The van der Waals surface area contributed by atoms with Crippen molar-refractivity contribution in [2.24, 2.45) is 0 Å². The number of aryl methyl sites for hydroxylation is 1. The van der Waals surface area contributed by atoms with E-state index >= 15 is 0 Å². The van der Waals surface area contributed by atoms with E-state index in [2.05, 4.69) is 16.4 Å². The van der Waals surface area contributed by atoms with Gasteiger partial charge in [0.15, 0.2) is 6.73 Å². The average Bonchev–Trinajstić information content (AvgIpc) is 2.42. The van der Waals surface area contributed by atoms with Crippen molar-refractivity contribution in [2.45, 2.75) is 13.3 Å². The maximum atomic E-state index is 11.7. The van der Waals surface area contributed by atoms with E-state index in [-0.39, 0.29) is 12.6 Å². The number of pyridine rings is 1. The molecule has 1 amide bonds. The molecule has 1 aromatic carbocycles. The van der Waals surface area contributed by atoms with E-state index in [4.69, 9.17) is 4.74 Å². The van der Waals surface area contributed by atoms with E-state index in [1.54, 1.807) is 0 Å². The van der Waals surface area contributed by atoms with Gasteiger partial charge in [-0.3, -0.25) is 9.78 Å². The molecule has 1 aromatic heterocycles. The first-order valence-electron chi connectivity index (χ1n) is 6.18. The van der Waals surface area contributed by atoms with Crippen LogP contribution in [0.25, 0.3) is 0 Å². The fraction of sp³-hybridized carbons (Fsp3) is 0.200. The zero-order valence-electron chi connectivity index (χ0n) is 10.6. The number of fused-ring (bicyclic) bond motifs is 1. The van der Waals surface area contributed by atoms with Gasteiger partial charge in [0, 0.05) is 11.9 Å². The maximum Gasteiger partial charge on any atom is 0.257 e. The predicted molar refractivity (Wildman–Crippen MR) is 71.2 cm³/mol. The average molecular weight is 254 g/mol. The van der Waals surface area contributed by atoms with Crippen LogP contribution in [0.1, 0.15) is 27.2 Å². The molecule has 1 N–H and O–H groups in total. The number of ether oxygens (including phenoxy) is 1. The molecular weight excluding hydrogens is 240 g/mol.